The van der Waals surface area contributed by atoms with Gasteiger partial charge in [-0.25, -0.2) is 0 Å². The zero-order valence-corrected chi connectivity index (χ0v) is 10.9. The van der Waals surface area contributed by atoms with Crippen molar-refractivity contribution in [2.75, 3.05) is 6.61 Å². The summed E-state index contributed by atoms with van der Waals surface area (Å²) in [7, 11) is 0. The molecular weight excluding hydrogens is 260 g/mol. The van der Waals surface area contributed by atoms with Gasteiger partial charge in [-0.15, -0.1) is 0 Å². The molecule has 4 heteroatoms. The van der Waals surface area contributed by atoms with Crippen LogP contribution in [0.4, 0.5) is 0 Å². The largest absolute Gasteiger partial charge is 0.373 e. The van der Waals surface area contributed by atoms with E-state index in [-0.39, 0.29) is 6.10 Å². The highest BCUT2D eigenvalue weighted by molar-refractivity contribution is 6.32. The van der Waals surface area contributed by atoms with E-state index in [9.17, 15) is 0 Å². The molecule has 0 amide bonds. The van der Waals surface area contributed by atoms with Gasteiger partial charge in [0, 0.05) is 24.4 Å². The molecule has 0 saturated carbocycles. The van der Waals surface area contributed by atoms with E-state index in [0.29, 0.717) is 10.6 Å². The molecule has 1 fully saturated rings. The first kappa shape index (κ1) is 12.2. The predicted molar refractivity (Wildman–Crippen MR) is 72.7 cm³/mol. The topological polar surface area (TPSA) is 45.9 Å². The van der Waals surface area contributed by atoms with Crippen molar-refractivity contribution in [1.82, 2.24) is 4.98 Å². The molecule has 3 nitrogen and oxygen atoms in total. The first-order valence-electron chi connectivity index (χ1n) is 6.05. The Morgan fingerprint density at radius 3 is 2.84 bits per heavy atom. The first-order chi connectivity index (χ1) is 9.29. The van der Waals surface area contributed by atoms with Crippen LogP contribution in [0, 0.1) is 11.3 Å². The number of halogens is 1. The predicted octanol–water partition coefficient (Wildman–Crippen LogP) is 3.74. The molecule has 2 aromatic rings. The van der Waals surface area contributed by atoms with Crippen molar-refractivity contribution in [2.45, 2.75) is 12.5 Å². The molecule has 1 aliphatic rings. The highest BCUT2D eigenvalue weighted by atomic mass is 35.5. The Balaban J connectivity index is 2.07. The molecule has 0 unspecified atom stereocenters. The van der Waals surface area contributed by atoms with E-state index in [1.54, 1.807) is 18.3 Å². The number of hydrogen-bond donors (Lipinski definition) is 0. The summed E-state index contributed by atoms with van der Waals surface area (Å²) in [5.74, 6) is 0. The molecule has 94 valence electrons. The minimum Gasteiger partial charge on any atom is -0.373 e. The zero-order valence-electron chi connectivity index (χ0n) is 10.1. The summed E-state index contributed by atoms with van der Waals surface area (Å²) in [5, 5.41) is 9.37. The molecule has 3 rings (SSSR count). The van der Waals surface area contributed by atoms with Gasteiger partial charge in [0.2, 0.25) is 0 Å². The lowest BCUT2D eigenvalue weighted by Gasteiger charge is -2.28. The lowest BCUT2D eigenvalue weighted by molar-refractivity contribution is -0.0524. The Hall–Kier alpha value is -1.89. The monoisotopic (exact) mass is 270 g/mol. The van der Waals surface area contributed by atoms with E-state index in [4.69, 9.17) is 21.6 Å². The summed E-state index contributed by atoms with van der Waals surface area (Å²) in [6, 6.07) is 9.47. The highest BCUT2D eigenvalue weighted by Gasteiger charge is 2.23. The second kappa shape index (κ2) is 5.00. The maximum absolute atomic E-state index is 8.90. The Kier molecular flexibility index (Phi) is 3.20. The van der Waals surface area contributed by atoms with Crippen molar-refractivity contribution < 1.29 is 4.74 Å². The molecule has 0 aliphatic carbocycles. The molecule has 1 aromatic heterocycles. The summed E-state index contributed by atoms with van der Waals surface area (Å²) in [4.78, 5) is 4.17. The maximum atomic E-state index is 8.90. The van der Waals surface area contributed by atoms with Crippen molar-refractivity contribution in [3.05, 3.63) is 52.8 Å². The van der Waals surface area contributed by atoms with Gasteiger partial charge in [-0.3, -0.25) is 4.98 Å². The quantitative estimate of drug-likeness (QED) is 0.835. The van der Waals surface area contributed by atoms with E-state index in [1.807, 2.05) is 18.3 Å². The normalized spacial score (nSPS) is 17.6. The van der Waals surface area contributed by atoms with Gasteiger partial charge in [0.15, 0.2) is 0 Å². The zero-order chi connectivity index (χ0) is 13.2. The third-order valence-corrected chi connectivity index (χ3v) is 3.61. The number of pyridine rings is 1. The number of nitrogens with zero attached hydrogens (tertiary/aromatic N) is 2. The summed E-state index contributed by atoms with van der Waals surface area (Å²) in [6.07, 6.45) is 4.76. The van der Waals surface area contributed by atoms with Crippen LogP contribution in [0.5, 0.6) is 0 Å². The molecule has 0 N–H and O–H groups in total. The number of rotatable bonds is 2. The number of benzene rings is 1. The van der Waals surface area contributed by atoms with Crippen molar-refractivity contribution in [3.8, 4) is 17.2 Å². The van der Waals surface area contributed by atoms with Gasteiger partial charge in [0.1, 0.15) is 6.07 Å². The van der Waals surface area contributed by atoms with Crippen LogP contribution in [0.25, 0.3) is 11.1 Å². The second-order valence-electron chi connectivity index (χ2n) is 4.42. The Bertz CT molecular complexity index is 659. The van der Waals surface area contributed by atoms with Crippen molar-refractivity contribution in [1.29, 1.82) is 5.26 Å². The van der Waals surface area contributed by atoms with Gasteiger partial charge < -0.3 is 4.74 Å². The average molecular weight is 271 g/mol. The molecule has 0 radical (unpaired) electrons. The number of ether oxygens (including phenoxy) is 1. The maximum Gasteiger partial charge on any atom is 0.101 e. The van der Waals surface area contributed by atoms with Gasteiger partial charge in [-0.1, -0.05) is 17.7 Å². The van der Waals surface area contributed by atoms with Gasteiger partial charge in [-0.2, -0.15) is 5.26 Å². The lowest BCUT2D eigenvalue weighted by Crippen LogP contribution is -2.19. The van der Waals surface area contributed by atoms with E-state index >= 15 is 0 Å². The molecule has 1 aliphatic heterocycles. The van der Waals surface area contributed by atoms with Crippen LogP contribution in [0.3, 0.4) is 0 Å². The van der Waals surface area contributed by atoms with Crippen LogP contribution in [0.1, 0.15) is 23.7 Å². The summed E-state index contributed by atoms with van der Waals surface area (Å²) < 4.78 is 5.54. The molecule has 0 bridgehead atoms. The number of aromatic nitrogens is 1. The van der Waals surface area contributed by atoms with E-state index in [2.05, 4.69) is 11.1 Å². The fourth-order valence-electron chi connectivity index (χ4n) is 2.18. The summed E-state index contributed by atoms with van der Waals surface area (Å²) in [6.45, 7) is 0.806. The van der Waals surface area contributed by atoms with Crippen LogP contribution in [-0.4, -0.2) is 11.6 Å². The second-order valence-corrected chi connectivity index (χ2v) is 4.82. The van der Waals surface area contributed by atoms with Gasteiger partial charge in [0.05, 0.1) is 23.3 Å². The third kappa shape index (κ3) is 2.21. The molecule has 1 atom stereocenters. The number of hydrogen-bond acceptors (Lipinski definition) is 3. The minimum atomic E-state index is 0.146. The Labute approximate surface area is 116 Å². The Morgan fingerprint density at radius 1 is 1.37 bits per heavy atom. The van der Waals surface area contributed by atoms with Crippen molar-refractivity contribution in [3.63, 3.8) is 0 Å². The van der Waals surface area contributed by atoms with Crippen LogP contribution >= 0.6 is 11.6 Å². The fourth-order valence-corrected chi connectivity index (χ4v) is 2.40. The summed E-state index contributed by atoms with van der Waals surface area (Å²) in [5.41, 5.74) is 3.58. The summed E-state index contributed by atoms with van der Waals surface area (Å²) >= 11 is 6.09. The average Bonchev–Trinajstić information content (AvgIpc) is 2.37. The molecule has 1 saturated heterocycles. The molecular formula is C15H11ClN2O. The van der Waals surface area contributed by atoms with Crippen molar-refractivity contribution in [2.24, 2.45) is 0 Å². The third-order valence-electron chi connectivity index (χ3n) is 3.30. The number of nitriles is 1. The molecule has 1 aromatic carbocycles. The van der Waals surface area contributed by atoms with Crippen LogP contribution in [0.2, 0.25) is 5.02 Å². The fraction of sp³-hybridized carbons (Fsp3) is 0.200. The van der Waals surface area contributed by atoms with E-state index < -0.39 is 0 Å². The van der Waals surface area contributed by atoms with Gasteiger partial charge in [-0.05, 0) is 29.3 Å². The van der Waals surface area contributed by atoms with Gasteiger partial charge >= 0.3 is 0 Å². The first-order valence-corrected chi connectivity index (χ1v) is 6.43. The van der Waals surface area contributed by atoms with Gasteiger partial charge in [0.25, 0.3) is 0 Å². The minimum absolute atomic E-state index is 0.146. The van der Waals surface area contributed by atoms with Crippen molar-refractivity contribution >= 4 is 11.6 Å². The van der Waals surface area contributed by atoms with Crippen LogP contribution in [-0.2, 0) is 4.74 Å². The van der Waals surface area contributed by atoms with E-state index in [1.165, 1.54) is 0 Å². The van der Waals surface area contributed by atoms with Crippen LogP contribution < -0.4 is 0 Å². The smallest absolute Gasteiger partial charge is 0.101 e. The standard InChI is InChI=1S/C15H11ClN2O/c16-14-7-10(1-2-11(14)8-17)13-9-18-5-3-12(13)15-4-6-19-15/h1-3,5,7,9,15H,4,6H2/t15-/m1/s1. The molecule has 19 heavy (non-hydrogen) atoms. The highest BCUT2D eigenvalue weighted by Crippen LogP contribution is 2.36. The van der Waals surface area contributed by atoms with Crippen LogP contribution in [0.15, 0.2) is 36.7 Å². The Morgan fingerprint density at radius 2 is 2.21 bits per heavy atom. The molecule has 0 spiro atoms. The lowest BCUT2D eigenvalue weighted by atomic mass is 9.94. The molecule has 2 heterocycles. The van der Waals surface area contributed by atoms with E-state index in [0.717, 1.165) is 29.7 Å². The SMILES string of the molecule is N#Cc1ccc(-c2cnccc2[C@H]2CCO2)cc1Cl.